The van der Waals surface area contributed by atoms with E-state index in [1.54, 1.807) is 0 Å². The van der Waals surface area contributed by atoms with Crippen LogP contribution in [0.3, 0.4) is 0 Å². The molecule has 1 saturated heterocycles. The van der Waals surface area contributed by atoms with E-state index in [9.17, 15) is 9.59 Å². The van der Waals surface area contributed by atoms with Gasteiger partial charge in [-0.05, 0) is 18.3 Å². The summed E-state index contributed by atoms with van der Waals surface area (Å²) in [6.07, 6.45) is 6.83. The van der Waals surface area contributed by atoms with Crippen molar-refractivity contribution in [2.45, 2.75) is 45.4 Å². The maximum Gasteiger partial charge on any atom is 0.241 e. The molecule has 0 spiro atoms. The van der Waals surface area contributed by atoms with Gasteiger partial charge in [-0.1, -0.05) is 32.6 Å². The van der Waals surface area contributed by atoms with Gasteiger partial charge >= 0.3 is 0 Å². The van der Waals surface area contributed by atoms with Crippen molar-refractivity contribution in [3.8, 4) is 0 Å². The summed E-state index contributed by atoms with van der Waals surface area (Å²) in [5.74, 6) is 1.73. The molecule has 0 radical (unpaired) electrons. The van der Waals surface area contributed by atoms with Crippen LogP contribution < -0.4 is 5.32 Å². The van der Waals surface area contributed by atoms with Crippen molar-refractivity contribution in [1.29, 1.82) is 0 Å². The van der Waals surface area contributed by atoms with Gasteiger partial charge in [-0.2, -0.15) is 0 Å². The molecule has 1 N–H and O–H groups in total. The lowest BCUT2D eigenvalue weighted by atomic mass is 9.81. The molecule has 0 atom stereocenters. The molecular weight excluding hydrogens is 228 g/mol. The lowest BCUT2D eigenvalue weighted by Gasteiger charge is -2.28. The maximum atomic E-state index is 11.8. The third-order valence-corrected chi connectivity index (χ3v) is 4.34. The van der Waals surface area contributed by atoms with Crippen LogP contribution in [0.4, 0.5) is 0 Å². The van der Waals surface area contributed by atoms with Gasteiger partial charge in [0, 0.05) is 19.5 Å². The lowest BCUT2D eigenvalue weighted by molar-refractivity contribution is -0.130. The molecule has 1 aliphatic carbocycles. The summed E-state index contributed by atoms with van der Waals surface area (Å²) in [5, 5.41) is 2.64. The summed E-state index contributed by atoms with van der Waals surface area (Å²) in [4.78, 5) is 24.9. The van der Waals surface area contributed by atoms with Gasteiger partial charge in [0.1, 0.15) is 0 Å². The highest BCUT2D eigenvalue weighted by molar-refractivity contribution is 5.87. The smallest absolute Gasteiger partial charge is 0.241 e. The Morgan fingerprint density at radius 2 is 1.94 bits per heavy atom. The quantitative estimate of drug-likeness (QED) is 0.828. The van der Waals surface area contributed by atoms with Crippen LogP contribution in [-0.4, -0.2) is 36.3 Å². The second kappa shape index (κ2) is 6.21. The second-order valence-electron chi connectivity index (χ2n) is 5.82. The fourth-order valence-electron chi connectivity index (χ4n) is 2.93. The summed E-state index contributed by atoms with van der Waals surface area (Å²) >= 11 is 0. The molecule has 18 heavy (non-hydrogen) atoms. The molecule has 2 fully saturated rings. The van der Waals surface area contributed by atoms with Crippen molar-refractivity contribution in [3.63, 3.8) is 0 Å². The zero-order chi connectivity index (χ0) is 13.0. The molecule has 0 unspecified atom stereocenters. The zero-order valence-electron chi connectivity index (χ0n) is 11.3. The van der Waals surface area contributed by atoms with Crippen LogP contribution in [0.25, 0.3) is 0 Å². The van der Waals surface area contributed by atoms with Gasteiger partial charge in [-0.25, -0.2) is 0 Å². The van der Waals surface area contributed by atoms with E-state index in [-0.39, 0.29) is 18.4 Å². The molecule has 2 rings (SSSR count). The first-order valence-corrected chi connectivity index (χ1v) is 7.19. The van der Waals surface area contributed by atoms with Crippen LogP contribution in [-0.2, 0) is 9.59 Å². The predicted molar refractivity (Wildman–Crippen MR) is 69.9 cm³/mol. The molecule has 1 heterocycles. The van der Waals surface area contributed by atoms with Crippen LogP contribution in [0, 0.1) is 11.8 Å². The van der Waals surface area contributed by atoms with E-state index in [4.69, 9.17) is 0 Å². The summed E-state index contributed by atoms with van der Waals surface area (Å²) in [7, 11) is 0. The Morgan fingerprint density at radius 1 is 1.22 bits per heavy atom. The van der Waals surface area contributed by atoms with Gasteiger partial charge in [0.2, 0.25) is 11.8 Å². The Kier molecular flexibility index (Phi) is 4.61. The van der Waals surface area contributed by atoms with Crippen LogP contribution >= 0.6 is 0 Å². The van der Waals surface area contributed by atoms with Crippen molar-refractivity contribution in [2.75, 3.05) is 19.6 Å². The van der Waals surface area contributed by atoms with Crippen molar-refractivity contribution >= 4 is 11.8 Å². The van der Waals surface area contributed by atoms with Gasteiger partial charge in [0.15, 0.2) is 0 Å². The number of hydrogen-bond acceptors (Lipinski definition) is 2. The average Bonchev–Trinajstić information content (AvgIpc) is 2.52. The Hall–Kier alpha value is -1.06. The standard InChI is InChI=1S/C14H24N2O2/c1-11-2-4-12(5-3-11)6-8-16-9-7-13(17)15-10-14(16)18/h11-12H,2-10H2,1H3,(H,15,17). The topological polar surface area (TPSA) is 49.4 Å². The number of nitrogens with one attached hydrogen (secondary N) is 1. The maximum absolute atomic E-state index is 11.8. The van der Waals surface area contributed by atoms with Crippen molar-refractivity contribution < 1.29 is 9.59 Å². The van der Waals surface area contributed by atoms with Crippen LogP contribution in [0.15, 0.2) is 0 Å². The third kappa shape index (κ3) is 3.72. The normalized spacial score (nSPS) is 29.9. The van der Waals surface area contributed by atoms with E-state index in [1.165, 1.54) is 25.7 Å². The first kappa shape index (κ1) is 13.4. The molecule has 4 nitrogen and oxygen atoms in total. The molecule has 0 aromatic rings. The largest absolute Gasteiger partial charge is 0.347 e. The summed E-state index contributed by atoms with van der Waals surface area (Å²) in [6.45, 7) is 3.92. The minimum atomic E-state index is -0.00246. The number of rotatable bonds is 3. The Labute approximate surface area is 109 Å². The highest BCUT2D eigenvalue weighted by atomic mass is 16.2. The number of amides is 2. The fourth-order valence-corrected chi connectivity index (χ4v) is 2.93. The highest BCUT2D eigenvalue weighted by Crippen LogP contribution is 2.30. The molecule has 0 bridgehead atoms. The minimum absolute atomic E-state index is 0.00246. The van der Waals surface area contributed by atoms with Crippen LogP contribution in [0.1, 0.15) is 45.4 Å². The molecule has 1 saturated carbocycles. The van der Waals surface area contributed by atoms with E-state index in [0.717, 1.165) is 24.8 Å². The van der Waals surface area contributed by atoms with Gasteiger partial charge in [0.25, 0.3) is 0 Å². The summed E-state index contributed by atoms with van der Waals surface area (Å²) < 4.78 is 0. The zero-order valence-corrected chi connectivity index (χ0v) is 11.3. The fraction of sp³-hybridized carbons (Fsp3) is 0.857. The summed E-state index contributed by atoms with van der Waals surface area (Å²) in [6, 6.07) is 0. The van der Waals surface area contributed by atoms with E-state index >= 15 is 0 Å². The lowest BCUT2D eigenvalue weighted by Crippen LogP contribution is -2.36. The Bertz CT molecular complexity index is 309. The summed E-state index contributed by atoms with van der Waals surface area (Å²) in [5.41, 5.74) is 0. The predicted octanol–water partition coefficient (Wildman–Crippen LogP) is 1.55. The van der Waals surface area contributed by atoms with Crippen molar-refractivity contribution in [2.24, 2.45) is 11.8 Å². The second-order valence-corrected chi connectivity index (χ2v) is 5.82. The molecular formula is C14H24N2O2. The molecule has 2 amide bonds. The molecule has 2 aliphatic rings. The van der Waals surface area contributed by atoms with E-state index in [2.05, 4.69) is 12.2 Å². The Balaban J connectivity index is 1.75. The van der Waals surface area contributed by atoms with Crippen molar-refractivity contribution in [3.05, 3.63) is 0 Å². The molecule has 0 aromatic heterocycles. The average molecular weight is 252 g/mol. The van der Waals surface area contributed by atoms with E-state index in [0.29, 0.717) is 13.0 Å². The number of carbonyl (C=O) groups is 2. The van der Waals surface area contributed by atoms with Gasteiger partial charge < -0.3 is 10.2 Å². The van der Waals surface area contributed by atoms with Gasteiger partial charge in [-0.15, -0.1) is 0 Å². The van der Waals surface area contributed by atoms with Crippen LogP contribution in [0.5, 0.6) is 0 Å². The highest BCUT2D eigenvalue weighted by Gasteiger charge is 2.22. The first-order chi connectivity index (χ1) is 8.65. The third-order valence-electron chi connectivity index (χ3n) is 4.34. The Morgan fingerprint density at radius 3 is 2.67 bits per heavy atom. The van der Waals surface area contributed by atoms with E-state index in [1.807, 2.05) is 4.90 Å². The van der Waals surface area contributed by atoms with Crippen molar-refractivity contribution in [1.82, 2.24) is 10.2 Å². The molecule has 0 aromatic carbocycles. The van der Waals surface area contributed by atoms with E-state index < -0.39 is 0 Å². The molecule has 102 valence electrons. The molecule has 1 aliphatic heterocycles. The first-order valence-electron chi connectivity index (χ1n) is 7.19. The van der Waals surface area contributed by atoms with Gasteiger partial charge in [-0.3, -0.25) is 9.59 Å². The number of hydrogen-bond donors (Lipinski definition) is 1. The SMILES string of the molecule is CC1CCC(CCN2CCC(=O)NCC2=O)CC1. The minimum Gasteiger partial charge on any atom is -0.347 e. The van der Waals surface area contributed by atoms with Gasteiger partial charge in [0.05, 0.1) is 6.54 Å². The number of carbonyl (C=O) groups excluding carboxylic acids is 2. The molecule has 4 heteroatoms. The number of nitrogens with zero attached hydrogens (tertiary/aromatic N) is 1. The van der Waals surface area contributed by atoms with Crippen LogP contribution in [0.2, 0.25) is 0 Å². The monoisotopic (exact) mass is 252 g/mol.